The summed E-state index contributed by atoms with van der Waals surface area (Å²) in [5.74, 6) is -2.53. The molecule has 3 aromatic rings. The molecule has 0 fully saturated rings. The van der Waals surface area contributed by atoms with Crippen LogP contribution in [-0.2, 0) is 11.3 Å². The van der Waals surface area contributed by atoms with Gasteiger partial charge in [0.2, 0.25) is 5.91 Å². The molecule has 0 atom stereocenters. The molecular weight excluding hydrogens is 380 g/mol. The summed E-state index contributed by atoms with van der Waals surface area (Å²) in [5, 5.41) is 12.7. The fourth-order valence-electron chi connectivity index (χ4n) is 2.69. The van der Waals surface area contributed by atoms with E-state index in [0.717, 1.165) is 29.3 Å². The minimum absolute atomic E-state index is 0.0654. The summed E-state index contributed by atoms with van der Waals surface area (Å²) in [5.41, 5.74) is 2.69. The Balaban J connectivity index is 1.71. The van der Waals surface area contributed by atoms with E-state index < -0.39 is 23.4 Å². The quantitative estimate of drug-likeness (QED) is 0.688. The number of nitrogens with zero attached hydrogens (tertiary/aromatic N) is 3. The van der Waals surface area contributed by atoms with Gasteiger partial charge in [-0.05, 0) is 50.1 Å². The van der Waals surface area contributed by atoms with E-state index in [1.807, 2.05) is 32.0 Å². The Labute approximate surface area is 165 Å². The van der Waals surface area contributed by atoms with Crippen molar-refractivity contribution in [2.75, 3.05) is 10.6 Å². The van der Waals surface area contributed by atoms with Gasteiger partial charge >= 0.3 is 0 Å². The molecule has 0 aliphatic heterocycles. The SMILES string of the molecule is Cc1ccc(C)c(NC(=O)c2nnn(CC(=O)Nc3cc(F)ccc3F)c2C)c1. The maximum Gasteiger partial charge on any atom is 0.278 e. The number of rotatable bonds is 5. The van der Waals surface area contributed by atoms with E-state index in [-0.39, 0.29) is 17.9 Å². The molecule has 3 rings (SSSR count). The number of carbonyl (C=O) groups is 2. The summed E-state index contributed by atoms with van der Waals surface area (Å²) in [7, 11) is 0. The molecule has 0 saturated heterocycles. The maximum absolute atomic E-state index is 13.7. The van der Waals surface area contributed by atoms with Crippen molar-refractivity contribution < 1.29 is 18.4 Å². The van der Waals surface area contributed by atoms with Crippen LogP contribution < -0.4 is 10.6 Å². The highest BCUT2D eigenvalue weighted by molar-refractivity contribution is 6.04. The van der Waals surface area contributed by atoms with Gasteiger partial charge in [-0.1, -0.05) is 17.3 Å². The first-order chi connectivity index (χ1) is 13.7. The van der Waals surface area contributed by atoms with Crippen LogP contribution in [0.2, 0.25) is 0 Å². The molecule has 0 saturated carbocycles. The Hall–Kier alpha value is -3.62. The fourth-order valence-corrected chi connectivity index (χ4v) is 2.69. The fraction of sp³-hybridized carbons (Fsp3) is 0.200. The molecule has 0 aliphatic rings. The van der Waals surface area contributed by atoms with Crippen LogP contribution in [0.25, 0.3) is 0 Å². The van der Waals surface area contributed by atoms with Crippen molar-refractivity contribution in [3.63, 3.8) is 0 Å². The Morgan fingerprint density at radius 2 is 1.76 bits per heavy atom. The molecule has 2 N–H and O–H groups in total. The molecule has 2 amide bonds. The summed E-state index contributed by atoms with van der Waals surface area (Å²) in [6, 6.07) is 8.42. The molecule has 0 radical (unpaired) electrons. The standard InChI is InChI=1S/C20H19F2N5O2/c1-11-4-5-12(2)16(8-11)24-20(29)19-13(3)27(26-25-19)10-18(28)23-17-9-14(21)6-7-15(17)22/h4-9H,10H2,1-3H3,(H,23,28)(H,24,29). The second-order valence-electron chi connectivity index (χ2n) is 6.63. The van der Waals surface area contributed by atoms with Crippen LogP contribution in [0.15, 0.2) is 36.4 Å². The summed E-state index contributed by atoms with van der Waals surface area (Å²) in [6.45, 7) is 5.06. The third-order valence-corrected chi connectivity index (χ3v) is 4.33. The van der Waals surface area contributed by atoms with Gasteiger partial charge in [0.1, 0.15) is 18.2 Å². The van der Waals surface area contributed by atoms with E-state index in [0.29, 0.717) is 11.4 Å². The minimum Gasteiger partial charge on any atom is -0.322 e. The topological polar surface area (TPSA) is 88.9 Å². The third kappa shape index (κ3) is 4.63. The highest BCUT2D eigenvalue weighted by Gasteiger charge is 2.19. The molecule has 0 unspecified atom stereocenters. The predicted octanol–water partition coefficient (Wildman–Crippen LogP) is 3.37. The number of aryl methyl sites for hydroxylation is 2. The first-order valence-electron chi connectivity index (χ1n) is 8.78. The lowest BCUT2D eigenvalue weighted by molar-refractivity contribution is -0.117. The van der Waals surface area contributed by atoms with Crippen LogP contribution in [0.4, 0.5) is 20.2 Å². The second kappa shape index (κ2) is 8.17. The number of aromatic nitrogens is 3. The minimum atomic E-state index is -0.761. The lowest BCUT2D eigenvalue weighted by Crippen LogP contribution is -2.21. The number of amides is 2. The summed E-state index contributed by atoms with van der Waals surface area (Å²) < 4.78 is 28.1. The zero-order chi connectivity index (χ0) is 21.1. The van der Waals surface area contributed by atoms with Crippen LogP contribution in [0.1, 0.15) is 27.3 Å². The van der Waals surface area contributed by atoms with Gasteiger partial charge in [0.25, 0.3) is 5.91 Å². The van der Waals surface area contributed by atoms with E-state index in [1.165, 1.54) is 4.68 Å². The molecule has 29 heavy (non-hydrogen) atoms. The van der Waals surface area contributed by atoms with Crippen LogP contribution in [0, 0.1) is 32.4 Å². The monoisotopic (exact) mass is 399 g/mol. The van der Waals surface area contributed by atoms with Crippen molar-refractivity contribution in [1.29, 1.82) is 0 Å². The van der Waals surface area contributed by atoms with Gasteiger partial charge in [-0.2, -0.15) is 0 Å². The molecule has 0 aliphatic carbocycles. The lowest BCUT2D eigenvalue weighted by Gasteiger charge is -2.09. The van der Waals surface area contributed by atoms with Gasteiger partial charge in [-0.15, -0.1) is 5.10 Å². The van der Waals surface area contributed by atoms with Crippen molar-refractivity contribution in [3.8, 4) is 0 Å². The maximum atomic E-state index is 13.7. The predicted molar refractivity (Wildman–Crippen MR) is 104 cm³/mol. The van der Waals surface area contributed by atoms with E-state index in [9.17, 15) is 18.4 Å². The third-order valence-electron chi connectivity index (χ3n) is 4.33. The first kappa shape index (κ1) is 20.1. The summed E-state index contributed by atoms with van der Waals surface area (Å²) in [4.78, 5) is 24.7. The van der Waals surface area contributed by atoms with E-state index in [2.05, 4.69) is 20.9 Å². The zero-order valence-electron chi connectivity index (χ0n) is 16.1. The number of nitrogens with one attached hydrogen (secondary N) is 2. The molecular formula is C20H19F2N5O2. The number of benzene rings is 2. The number of hydrogen-bond acceptors (Lipinski definition) is 4. The highest BCUT2D eigenvalue weighted by atomic mass is 19.1. The smallest absolute Gasteiger partial charge is 0.278 e. The molecule has 7 nitrogen and oxygen atoms in total. The molecule has 150 valence electrons. The number of halogens is 2. The molecule has 9 heteroatoms. The normalized spacial score (nSPS) is 10.7. The van der Waals surface area contributed by atoms with Crippen LogP contribution >= 0.6 is 0 Å². The largest absolute Gasteiger partial charge is 0.322 e. The second-order valence-corrected chi connectivity index (χ2v) is 6.63. The Morgan fingerprint density at radius 1 is 1.00 bits per heavy atom. The lowest BCUT2D eigenvalue weighted by atomic mass is 10.1. The zero-order valence-corrected chi connectivity index (χ0v) is 16.1. The Morgan fingerprint density at radius 3 is 2.52 bits per heavy atom. The summed E-state index contributed by atoms with van der Waals surface area (Å²) >= 11 is 0. The van der Waals surface area contributed by atoms with Gasteiger partial charge in [0.15, 0.2) is 5.69 Å². The van der Waals surface area contributed by atoms with Gasteiger partial charge in [-0.25, -0.2) is 13.5 Å². The van der Waals surface area contributed by atoms with Crippen molar-refractivity contribution in [3.05, 3.63) is 70.5 Å². The van der Waals surface area contributed by atoms with E-state index in [4.69, 9.17) is 0 Å². The first-order valence-corrected chi connectivity index (χ1v) is 8.78. The van der Waals surface area contributed by atoms with Crippen molar-refractivity contribution in [1.82, 2.24) is 15.0 Å². The van der Waals surface area contributed by atoms with Gasteiger partial charge < -0.3 is 10.6 Å². The van der Waals surface area contributed by atoms with Gasteiger partial charge in [0.05, 0.1) is 11.4 Å². The van der Waals surface area contributed by atoms with Gasteiger partial charge in [0, 0.05) is 11.8 Å². The summed E-state index contributed by atoms with van der Waals surface area (Å²) in [6.07, 6.45) is 0. The molecule has 0 spiro atoms. The van der Waals surface area contributed by atoms with Crippen molar-refractivity contribution in [2.24, 2.45) is 0 Å². The van der Waals surface area contributed by atoms with Crippen molar-refractivity contribution in [2.45, 2.75) is 27.3 Å². The average molecular weight is 399 g/mol. The van der Waals surface area contributed by atoms with Crippen LogP contribution in [0.3, 0.4) is 0 Å². The van der Waals surface area contributed by atoms with Crippen molar-refractivity contribution >= 4 is 23.2 Å². The number of anilines is 2. The molecule has 1 heterocycles. The molecule has 1 aromatic heterocycles. The average Bonchev–Trinajstić information content (AvgIpc) is 3.01. The van der Waals surface area contributed by atoms with Gasteiger partial charge in [-0.3, -0.25) is 9.59 Å². The Kier molecular flexibility index (Phi) is 5.67. The molecule has 0 bridgehead atoms. The number of hydrogen-bond donors (Lipinski definition) is 2. The molecule has 2 aromatic carbocycles. The Bertz CT molecular complexity index is 1090. The van der Waals surface area contributed by atoms with E-state index in [1.54, 1.807) is 6.92 Å². The van der Waals surface area contributed by atoms with Crippen LogP contribution in [-0.4, -0.2) is 26.8 Å². The van der Waals surface area contributed by atoms with Crippen LogP contribution in [0.5, 0.6) is 0 Å². The highest BCUT2D eigenvalue weighted by Crippen LogP contribution is 2.18. The van der Waals surface area contributed by atoms with E-state index >= 15 is 0 Å². The number of carbonyl (C=O) groups excluding carboxylic acids is 2.